The number of carbonyl (C=O) groups excluding carboxylic acids is 2. The van der Waals surface area contributed by atoms with Gasteiger partial charge in [0.15, 0.2) is 0 Å². The second kappa shape index (κ2) is 11.6. The highest BCUT2D eigenvalue weighted by atomic mass is 16.3. The van der Waals surface area contributed by atoms with Gasteiger partial charge in [0.2, 0.25) is 0 Å². The Balaban J connectivity index is 1.07. The molecule has 10 heteroatoms. The third kappa shape index (κ3) is 5.66. The van der Waals surface area contributed by atoms with Crippen LogP contribution >= 0.6 is 0 Å². The molecular formula is C32H35N7O3. The summed E-state index contributed by atoms with van der Waals surface area (Å²) in [5.41, 5.74) is 6.17. The molecule has 4 aromatic rings. The van der Waals surface area contributed by atoms with Crippen LogP contribution in [0.3, 0.4) is 0 Å². The molecule has 0 spiro atoms. The standard InChI is InChI=1S/C32H35N7O3/c1-22-16-24(31(41)39-21-26-19-34-36(2)30(26)35-28-8-3-4-9-29(28)39)10-11-25(22)18-33-32(42)38-14-12-37(13-15-38)20-23-6-5-7-27(40)17-23/h3-11,16-17,19,35,40H,12-15,18,20-21H2,1-2H3,(H,33,42). The summed E-state index contributed by atoms with van der Waals surface area (Å²) in [5.74, 6) is 1.05. The number of fused-ring (bicyclic) bond motifs is 2. The number of aromatic hydroxyl groups is 1. The van der Waals surface area contributed by atoms with Crippen LogP contribution in [-0.2, 0) is 26.7 Å². The van der Waals surface area contributed by atoms with Gasteiger partial charge in [0.05, 0.1) is 24.1 Å². The van der Waals surface area contributed by atoms with Crippen molar-refractivity contribution in [1.82, 2.24) is 24.9 Å². The van der Waals surface area contributed by atoms with E-state index in [-0.39, 0.29) is 17.7 Å². The Kier molecular flexibility index (Phi) is 7.54. The second-order valence-corrected chi connectivity index (χ2v) is 10.9. The number of carbonyl (C=O) groups is 2. The topological polar surface area (TPSA) is 106 Å². The molecule has 1 fully saturated rings. The van der Waals surface area contributed by atoms with Gasteiger partial charge >= 0.3 is 6.03 Å². The largest absolute Gasteiger partial charge is 0.508 e. The fourth-order valence-corrected chi connectivity index (χ4v) is 5.63. The van der Waals surface area contributed by atoms with Crippen molar-refractivity contribution in [3.05, 3.63) is 101 Å². The van der Waals surface area contributed by atoms with E-state index in [9.17, 15) is 14.7 Å². The van der Waals surface area contributed by atoms with E-state index in [1.165, 1.54) is 0 Å². The van der Waals surface area contributed by atoms with Crippen molar-refractivity contribution < 1.29 is 14.7 Å². The minimum atomic E-state index is -0.0942. The van der Waals surface area contributed by atoms with Crippen molar-refractivity contribution in [3.8, 4) is 5.75 Å². The number of phenols is 1. The van der Waals surface area contributed by atoms with Crippen LogP contribution < -0.4 is 15.5 Å². The lowest BCUT2D eigenvalue weighted by atomic mass is 10.0. The van der Waals surface area contributed by atoms with Crippen molar-refractivity contribution in [2.24, 2.45) is 7.05 Å². The number of hydrogen-bond donors (Lipinski definition) is 3. The van der Waals surface area contributed by atoms with Gasteiger partial charge in [-0.05, 0) is 60.0 Å². The zero-order valence-electron chi connectivity index (χ0n) is 23.9. The lowest BCUT2D eigenvalue weighted by molar-refractivity contribution is 0.0985. The number of nitrogens with zero attached hydrogens (tertiary/aromatic N) is 5. The molecule has 6 rings (SSSR count). The van der Waals surface area contributed by atoms with Crippen molar-refractivity contribution in [2.45, 2.75) is 26.6 Å². The van der Waals surface area contributed by atoms with Crippen molar-refractivity contribution in [2.75, 3.05) is 36.4 Å². The Morgan fingerprint density at radius 3 is 2.60 bits per heavy atom. The molecule has 3 amide bonds. The Bertz CT molecular complexity index is 1620. The summed E-state index contributed by atoms with van der Waals surface area (Å²) in [4.78, 5) is 32.6. The molecule has 1 saturated heterocycles. The monoisotopic (exact) mass is 565 g/mol. The van der Waals surface area contributed by atoms with E-state index in [2.05, 4.69) is 20.6 Å². The third-order valence-corrected chi connectivity index (χ3v) is 8.03. The SMILES string of the molecule is Cc1cc(C(=O)N2Cc3cnn(C)c3Nc3ccccc32)ccc1CNC(=O)N1CCN(Cc2cccc(O)c2)CC1. The second-order valence-electron chi connectivity index (χ2n) is 10.9. The summed E-state index contributed by atoms with van der Waals surface area (Å²) >= 11 is 0. The summed E-state index contributed by atoms with van der Waals surface area (Å²) in [6.07, 6.45) is 1.79. The van der Waals surface area contributed by atoms with E-state index in [1.54, 1.807) is 27.9 Å². The number of piperazine rings is 1. The van der Waals surface area contributed by atoms with Gasteiger partial charge in [-0.25, -0.2) is 4.79 Å². The number of urea groups is 1. The molecule has 10 nitrogen and oxygen atoms in total. The highest BCUT2D eigenvalue weighted by molar-refractivity contribution is 6.08. The van der Waals surface area contributed by atoms with E-state index in [0.717, 1.165) is 59.1 Å². The lowest BCUT2D eigenvalue weighted by Crippen LogP contribution is -2.51. The number of para-hydroxylation sites is 2. The molecule has 2 aliphatic heterocycles. The first-order chi connectivity index (χ1) is 20.4. The zero-order chi connectivity index (χ0) is 29.2. The van der Waals surface area contributed by atoms with Gasteiger partial charge in [-0.15, -0.1) is 0 Å². The number of aromatic nitrogens is 2. The summed E-state index contributed by atoms with van der Waals surface area (Å²) in [6, 6.07) is 20.6. The average molecular weight is 566 g/mol. The predicted molar refractivity (Wildman–Crippen MR) is 162 cm³/mol. The lowest BCUT2D eigenvalue weighted by Gasteiger charge is -2.34. The smallest absolute Gasteiger partial charge is 0.317 e. The van der Waals surface area contributed by atoms with E-state index in [4.69, 9.17) is 0 Å². The molecule has 42 heavy (non-hydrogen) atoms. The number of nitrogens with one attached hydrogen (secondary N) is 2. The number of amides is 3. The molecule has 0 aliphatic carbocycles. The molecule has 2 aliphatic rings. The number of anilines is 3. The normalized spacial score (nSPS) is 14.9. The molecule has 3 heterocycles. The molecule has 1 aromatic heterocycles. The molecule has 3 aromatic carbocycles. The predicted octanol–water partition coefficient (Wildman–Crippen LogP) is 4.37. The Labute approximate surface area is 245 Å². The maximum Gasteiger partial charge on any atom is 0.317 e. The molecule has 0 atom stereocenters. The number of rotatable bonds is 5. The van der Waals surface area contributed by atoms with Gasteiger partial charge in [0, 0.05) is 57.4 Å². The van der Waals surface area contributed by atoms with Crippen LogP contribution in [0.25, 0.3) is 0 Å². The van der Waals surface area contributed by atoms with Crippen LogP contribution in [0.1, 0.15) is 32.6 Å². The van der Waals surface area contributed by atoms with Crippen molar-refractivity contribution >= 4 is 29.1 Å². The number of hydrogen-bond acceptors (Lipinski definition) is 6. The first-order valence-corrected chi connectivity index (χ1v) is 14.2. The Morgan fingerprint density at radius 2 is 1.81 bits per heavy atom. The quantitative estimate of drug-likeness (QED) is 0.332. The van der Waals surface area contributed by atoms with Crippen molar-refractivity contribution in [1.29, 1.82) is 0 Å². The molecular weight excluding hydrogens is 530 g/mol. The summed E-state index contributed by atoms with van der Waals surface area (Å²) in [6.45, 7) is 6.34. The molecule has 3 N–H and O–H groups in total. The van der Waals surface area contributed by atoms with E-state index >= 15 is 0 Å². The van der Waals surface area contributed by atoms with Crippen LogP contribution in [0.4, 0.5) is 22.0 Å². The maximum atomic E-state index is 13.8. The van der Waals surface area contributed by atoms with Crippen LogP contribution in [-0.4, -0.2) is 62.8 Å². The molecule has 216 valence electrons. The molecule has 0 saturated carbocycles. The van der Waals surface area contributed by atoms with Crippen LogP contribution in [0.5, 0.6) is 5.75 Å². The minimum absolute atomic E-state index is 0.0903. The average Bonchev–Trinajstić information content (AvgIpc) is 3.23. The summed E-state index contributed by atoms with van der Waals surface area (Å²) in [7, 11) is 1.88. The van der Waals surface area contributed by atoms with Gasteiger partial charge in [-0.1, -0.05) is 30.3 Å². The molecule has 0 bridgehead atoms. The van der Waals surface area contributed by atoms with Crippen LogP contribution in [0.15, 0.2) is 72.9 Å². The third-order valence-electron chi connectivity index (χ3n) is 8.03. The Hall–Kier alpha value is -4.83. The Morgan fingerprint density at radius 1 is 1.00 bits per heavy atom. The van der Waals surface area contributed by atoms with Crippen molar-refractivity contribution in [3.63, 3.8) is 0 Å². The van der Waals surface area contributed by atoms with E-state index < -0.39 is 0 Å². The van der Waals surface area contributed by atoms with E-state index in [1.807, 2.05) is 73.5 Å². The first-order valence-electron chi connectivity index (χ1n) is 14.2. The van der Waals surface area contributed by atoms with Crippen LogP contribution in [0.2, 0.25) is 0 Å². The van der Waals surface area contributed by atoms with Gasteiger partial charge in [-0.3, -0.25) is 14.4 Å². The summed E-state index contributed by atoms with van der Waals surface area (Å²) in [5, 5.41) is 20.6. The maximum absolute atomic E-state index is 13.8. The number of phenolic OH excluding ortho intramolecular Hbond substituents is 1. The number of aryl methyl sites for hydroxylation is 2. The fourth-order valence-electron chi connectivity index (χ4n) is 5.63. The van der Waals surface area contributed by atoms with Gasteiger partial charge in [-0.2, -0.15) is 5.10 Å². The minimum Gasteiger partial charge on any atom is -0.508 e. The van der Waals surface area contributed by atoms with Crippen LogP contribution in [0, 0.1) is 6.92 Å². The van der Waals surface area contributed by atoms with Gasteiger partial charge in [0.1, 0.15) is 11.6 Å². The molecule has 0 unspecified atom stereocenters. The zero-order valence-corrected chi connectivity index (χ0v) is 23.9. The van der Waals surface area contributed by atoms with Gasteiger partial charge < -0.3 is 25.5 Å². The number of benzene rings is 3. The molecule has 0 radical (unpaired) electrons. The van der Waals surface area contributed by atoms with E-state index in [0.29, 0.717) is 31.7 Å². The summed E-state index contributed by atoms with van der Waals surface area (Å²) < 4.78 is 1.78. The fraction of sp³-hybridized carbons (Fsp3) is 0.281. The highest BCUT2D eigenvalue weighted by Crippen LogP contribution is 2.36. The highest BCUT2D eigenvalue weighted by Gasteiger charge is 2.27. The first kappa shape index (κ1) is 27.3. The van der Waals surface area contributed by atoms with Gasteiger partial charge in [0.25, 0.3) is 5.91 Å².